The van der Waals surface area contributed by atoms with Gasteiger partial charge < -0.3 is 10.2 Å². The molecule has 4 aromatic rings. The Morgan fingerprint density at radius 2 is 1.43 bits per heavy atom. The van der Waals surface area contributed by atoms with Gasteiger partial charge in [0.25, 0.3) is 5.56 Å². The molecule has 1 heterocycles. The van der Waals surface area contributed by atoms with E-state index in [0.717, 1.165) is 28.1 Å². The van der Waals surface area contributed by atoms with Gasteiger partial charge in [-0.3, -0.25) is 9.89 Å². The van der Waals surface area contributed by atoms with Crippen molar-refractivity contribution in [3.63, 3.8) is 0 Å². The summed E-state index contributed by atoms with van der Waals surface area (Å²) in [5.74, 6) is -0.290. The first kappa shape index (κ1) is 17.4. The average Bonchev–Trinajstić information content (AvgIpc) is 3.11. The number of hydrogen-bond acceptors (Lipinski definition) is 3. The van der Waals surface area contributed by atoms with Crippen LogP contribution in [0, 0.1) is 0 Å². The second-order valence-corrected chi connectivity index (χ2v) is 6.38. The van der Waals surface area contributed by atoms with Crippen LogP contribution in [0.4, 0.5) is 0 Å². The average molecular weight is 370 g/mol. The number of H-pyrrole nitrogens is 1. The van der Waals surface area contributed by atoms with Gasteiger partial charge in [0.15, 0.2) is 11.5 Å². The van der Waals surface area contributed by atoms with E-state index >= 15 is 0 Å². The van der Waals surface area contributed by atoms with Gasteiger partial charge in [0.2, 0.25) is 0 Å². The van der Waals surface area contributed by atoms with E-state index in [4.69, 9.17) is 0 Å². The van der Waals surface area contributed by atoms with Gasteiger partial charge in [-0.05, 0) is 41.0 Å². The van der Waals surface area contributed by atoms with Crippen molar-refractivity contribution in [3.05, 3.63) is 100 Å². The summed E-state index contributed by atoms with van der Waals surface area (Å²) in [6, 6.07) is 23.4. The zero-order valence-corrected chi connectivity index (χ0v) is 14.9. The molecule has 5 nitrogen and oxygen atoms in total. The number of nitrogens with zero attached hydrogens (tertiary/aromatic N) is 1. The van der Waals surface area contributed by atoms with E-state index in [2.05, 4.69) is 5.10 Å². The number of phenolic OH excluding ortho intramolecular Hbond substituents is 2. The van der Waals surface area contributed by atoms with Crippen molar-refractivity contribution >= 4 is 12.2 Å². The molecule has 0 atom stereocenters. The summed E-state index contributed by atoms with van der Waals surface area (Å²) in [6.07, 6.45) is 3.76. The molecule has 0 amide bonds. The van der Waals surface area contributed by atoms with Crippen molar-refractivity contribution in [3.8, 4) is 28.4 Å². The quantitative estimate of drug-likeness (QED) is 0.368. The second kappa shape index (κ2) is 7.32. The number of aromatic hydroxyl groups is 2. The number of benzene rings is 3. The van der Waals surface area contributed by atoms with Crippen molar-refractivity contribution < 1.29 is 10.2 Å². The van der Waals surface area contributed by atoms with Crippen LogP contribution in [0.5, 0.6) is 11.5 Å². The Morgan fingerprint density at radius 1 is 0.750 bits per heavy atom. The van der Waals surface area contributed by atoms with Crippen molar-refractivity contribution in [1.29, 1.82) is 0 Å². The molecule has 0 saturated heterocycles. The summed E-state index contributed by atoms with van der Waals surface area (Å²) < 4.78 is 1.51. The Labute approximate surface area is 161 Å². The largest absolute Gasteiger partial charge is 0.504 e. The molecule has 3 aromatic carbocycles. The van der Waals surface area contributed by atoms with E-state index in [1.165, 1.54) is 16.8 Å². The topological polar surface area (TPSA) is 78.2 Å². The highest BCUT2D eigenvalue weighted by atomic mass is 16.3. The van der Waals surface area contributed by atoms with Crippen molar-refractivity contribution in [2.75, 3.05) is 0 Å². The molecule has 0 aliphatic rings. The number of aromatic nitrogens is 2. The molecule has 5 heteroatoms. The molecule has 0 radical (unpaired) electrons. The third kappa shape index (κ3) is 3.59. The minimum absolute atomic E-state index is 0.114. The fourth-order valence-corrected chi connectivity index (χ4v) is 2.92. The molecule has 0 unspecified atom stereocenters. The molecule has 138 valence electrons. The molecular weight excluding hydrogens is 352 g/mol. The summed E-state index contributed by atoms with van der Waals surface area (Å²) in [7, 11) is 0. The SMILES string of the molecule is O=c1cc(-c2ccc(/C=C/c3ccc(O)c(O)c3)cc2)[nH]n1-c1ccccc1. The number of para-hydroxylation sites is 1. The van der Waals surface area contributed by atoms with E-state index in [1.54, 1.807) is 12.1 Å². The van der Waals surface area contributed by atoms with Crippen LogP contribution in [0.25, 0.3) is 29.1 Å². The van der Waals surface area contributed by atoms with Crippen molar-refractivity contribution in [2.45, 2.75) is 0 Å². The number of rotatable bonds is 4. The van der Waals surface area contributed by atoms with Gasteiger partial charge in [0.05, 0.1) is 11.4 Å². The molecule has 0 spiro atoms. The highest BCUT2D eigenvalue weighted by Gasteiger charge is 2.06. The Balaban J connectivity index is 1.56. The van der Waals surface area contributed by atoms with Crippen LogP contribution in [0.2, 0.25) is 0 Å². The molecule has 1 aromatic heterocycles. The van der Waals surface area contributed by atoms with Crippen LogP contribution < -0.4 is 5.56 Å². The van der Waals surface area contributed by atoms with Gasteiger partial charge in [0, 0.05) is 6.07 Å². The second-order valence-electron chi connectivity index (χ2n) is 6.38. The molecule has 0 aliphatic heterocycles. The lowest BCUT2D eigenvalue weighted by atomic mass is 10.1. The van der Waals surface area contributed by atoms with E-state index in [1.807, 2.05) is 66.7 Å². The Kier molecular flexibility index (Phi) is 4.56. The lowest BCUT2D eigenvalue weighted by molar-refractivity contribution is 0.403. The maximum atomic E-state index is 12.3. The minimum atomic E-state index is -0.149. The summed E-state index contributed by atoms with van der Waals surface area (Å²) in [6.45, 7) is 0. The number of aromatic amines is 1. The van der Waals surface area contributed by atoms with Gasteiger partial charge in [-0.15, -0.1) is 0 Å². The molecule has 0 aliphatic carbocycles. The summed E-state index contributed by atoms with van der Waals surface area (Å²) in [5.41, 5.74) is 4.08. The highest BCUT2D eigenvalue weighted by Crippen LogP contribution is 2.26. The zero-order valence-electron chi connectivity index (χ0n) is 14.9. The van der Waals surface area contributed by atoms with E-state index < -0.39 is 0 Å². The maximum absolute atomic E-state index is 12.3. The molecular formula is C23H18N2O3. The highest BCUT2D eigenvalue weighted by molar-refractivity contribution is 5.72. The number of nitrogens with one attached hydrogen (secondary N) is 1. The summed E-state index contributed by atoms with van der Waals surface area (Å²) in [4.78, 5) is 12.3. The van der Waals surface area contributed by atoms with Crippen LogP contribution in [-0.4, -0.2) is 20.0 Å². The summed E-state index contributed by atoms with van der Waals surface area (Å²) in [5, 5.41) is 22.0. The van der Waals surface area contributed by atoms with Crippen LogP contribution in [0.15, 0.2) is 83.7 Å². The van der Waals surface area contributed by atoms with Crippen LogP contribution in [-0.2, 0) is 0 Å². The molecule has 28 heavy (non-hydrogen) atoms. The lowest BCUT2D eigenvalue weighted by Gasteiger charge is -2.02. The van der Waals surface area contributed by atoms with E-state index in [0.29, 0.717) is 0 Å². The van der Waals surface area contributed by atoms with Gasteiger partial charge in [0.1, 0.15) is 0 Å². The zero-order chi connectivity index (χ0) is 19.5. The third-order valence-electron chi connectivity index (χ3n) is 4.42. The lowest BCUT2D eigenvalue weighted by Crippen LogP contribution is -2.12. The normalized spacial score (nSPS) is 11.1. The Morgan fingerprint density at radius 3 is 2.14 bits per heavy atom. The van der Waals surface area contributed by atoms with Crippen molar-refractivity contribution in [2.24, 2.45) is 0 Å². The van der Waals surface area contributed by atoms with Gasteiger partial charge in [-0.2, -0.15) is 0 Å². The fraction of sp³-hybridized carbons (Fsp3) is 0. The fourth-order valence-electron chi connectivity index (χ4n) is 2.92. The first-order valence-electron chi connectivity index (χ1n) is 8.78. The predicted molar refractivity (Wildman–Crippen MR) is 111 cm³/mol. The molecule has 4 rings (SSSR count). The predicted octanol–water partition coefficient (Wildman–Crippen LogP) is 4.41. The standard InChI is InChI=1S/C23H18N2O3/c26-21-13-10-17(14-22(21)27)7-6-16-8-11-18(12-9-16)20-15-23(28)25(24-20)19-4-2-1-3-5-19/h1-15,24,26-27H/b7-6+. The first-order chi connectivity index (χ1) is 13.6. The van der Waals surface area contributed by atoms with Crippen LogP contribution in [0.3, 0.4) is 0 Å². The minimum Gasteiger partial charge on any atom is -0.504 e. The number of phenols is 2. The van der Waals surface area contributed by atoms with Crippen LogP contribution >= 0.6 is 0 Å². The van der Waals surface area contributed by atoms with Gasteiger partial charge >= 0.3 is 0 Å². The van der Waals surface area contributed by atoms with E-state index in [9.17, 15) is 15.0 Å². The summed E-state index contributed by atoms with van der Waals surface area (Å²) >= 11 is 0. The smallest absolute Gasteiger partial charge is 0.271 e. The molecule has 0 saturated carbocycles. The van der Waals surface area contributed by atoms with Gasteiger partial charge in [-0.1, -0.05) is 60.7 Å². The van der Waals surface area contributed by atoms with Crippen molar-refractivity contribution in [1.82, 2.24) is 9.78 Å². The molecule has 0 fully saturated rings. The Bertz CT molecular complexity index is 1190. The molecule has 0 bridgehead atoms. The van der Waals surface area contributed by atoms with Crippen LogP contribution in [0.1, 0.15) is 11.1 Å². The first-order valence-corrected chi connectivity index (χ1v) is 8.78. The maximum Gasteiger partial charge on any atom is 0.271 e. The molecule has 3 N–H and O–H groups in total. The van der Waals surface area contributed by atoms with Gasteiger partial charge in [-0.25, -0.2) is 4.68 Å². The third-order valence-corrected chi connectivity index (χ3v) is 4.42. The number of hydrogen-bond donors (Lipinski definition) is 3. The monoisotopic (exact) mass is 370 g/mol. The van der Waals surface area contributed by atoms with E-state index in [-0.39, 0.29) is 17.1 Å². The Hall–Kier alpha value is -3.99.